The van der Waals surface area contributed by atoms with Gasteiger partial charge in [-0.2, -0.15) is 0 Å². The lowest BCUT2D eigenvalue weighted by Crippen LogP contribution is -2.56. The highest BCUT2D eigenvalue weighted by atomic mass is 15.2. The van der Waals surface area contributed by atoms with E-state index in [1.54, 1.807) is 0 Å². The predicted octanol–water partition coefficient (Wildman–Crippen LogP) is 2.99. The van der Waals surface area contributed by atoms with Gasteiger partial charge in [0.05, 0.1) is 5.69 Å². The van der Waals surface area contributed by atoms with Crippen molar-refractivity contribution in [2.45, 2.75) is 59.2 Å². The van der Waals surface area contributed by atoms with Crippen molar-refractivity contribution < 1.29 is 0 Å². The van der Waals surface area contributed by atoms with Crippen LogP contribution >= 0.6 is 0 Å². The molecule has 2 atom stereocenters. The van der Waals surface area contributed by atoms with Crippen molar-refractivity contribution in [1.82, 2.24) is 15.2 Å². The average Bonchev–Trinajstić information content (AvgIpc) is 2.40. The lowest BCUT2D eigenvalue weighted by molar-refractivity contribution is 0.104. The molecule has 1 aliphatic heterocycles. The smallest absolute Gasteiger partial charge is 0.0547 e. The van der Waals surface area contributed by atoms with Crippen molar-refractivity contribution in [3.63, 3.8) is 0 Å². The maximum absolute atomic E-state index is 4.67. The first kappa shape index (κ1) is 15.5. The zero-order chi connectivity index (χ0) is 14.5. The van der Waals surface area contributed by atoms with Crippen LogP contribution in [0.5, 0.6) is 0 Å². The molecular weight excluding hydrogens is 246 g/mol. The van der Waals surface area contributed by atoms with Gasteiger partial charge in [0.2, 0.25) is 0 Å². The van der Waals surface area contributed by atoms with Crippen LogP contribution in [0.4, 0.5) is 0 Å². The standard InChI is InChI=1S/C17H29N3/c1-5-15-11-20(17(10-18-15)9-13(2)3)12-16-8-6-7-14(4)19-16/h6-8,13,15,17-18H,5,9-12H2,1-4H3. The molecule has 3 nitrogen and oxygen atoms in total. The van der Waals surface area contributed by atoms with Crippen LogP contribution in [-0.2, 0) is 6.54 Å². The fourth-order valence-electron chi connectivity index (χ4n) is 3.07. The summed E-state index contributed by atoms with van der Waals surface area (Å²) in [6, 6.07) is 7.61. The Balaban J connectivity index is 2.06. The zero-order valence-corrected chi connectivity index (χ0v) is 13.4. The third-order valence-electron chi connectivity index (χ3n) is 4.16. The molecule has 2 rings (SSSR count). The van der Waals surface area contributed by atoms with Gasteiger partial charge in [0.25, 0.3) is 0 Å². The zero-order valence-electron chi connectivity index (χ0n) is 13.4. The Kier molecular flexibility index (Phi) is 5.55. The van der Waals surface area contributed by atoms with Crippen molar-refractivity contribution in [2.24, 2.45) is 5.92 Å². The number of hydrogen-bond acceptors (Lipinski definition) is 3. The van der Waals surface area contributed by atoms with E-state index in [0.717, 1.165) is 31.2 Å². The molecule has 112 valence electrons. The number of aryl methyl sites for hydroxylation is 1. The van der Waals surface area contributed by atoms with E-state index >= 15 is 0 Å². The summed E-state index contributed by atoms with van der Waals surface area (Å²) in [7, 11) is 0. The summed E-state index contributed by atoms with van der Waals surface area (Å²) in [6.07, 6.45) is 2.46. The SMILES string of the molecule is CCC1CN(Cc2cccc(C)n2)C(CC(C)C)CN1. The Morgan fingerprint density at radius 2 is 2.20 bits per heavy atom. The van der Waals surface area contributed by atoms with Crippen LogP contribution in [0.1, 0.15) is 45.0 Å². The van der Waals surface area contributed by atoms with Gasteiger partial charge in [-0.3, -0.25) is 9.88 Å². The van der Waals surface area contributed by atoms with Crippen molar-refractivity contribution >= 4 is 0 Å². The van der Waals surface area contributed by atoms with Crippen LogP contribution in [0.15, 0.2) is 18.2 Å². The van der Waals surface area contributed by atoms with Crippen molar-refractivity contribution in [3.8, 4) is 0 Å². The van der Waals surface area contributed by atoms with Gasteiger partial charge in [-0.25, -0.2) is 0 Å². The number of piperazine rings is 1. The fraction of sp³-hybridized carbons (Fsp3) is 0.706. The van der Waals surface area contributed by atoms with Crippen molar-refractivity contribution in [2.75, 3.05) is 13.1 Å². The van der Waals surface area contributed by atoms with Gasteiger partial charge in [-0.05, 0) is 37.8 Å². The van der Waals surface area contributed by atoms with Crippen LogP contribution in [-0.4, -0.2) is 35.1 Å². The molecule has 20 heavy (non-hydrogen) atoms. The van der Waals surface area contributed by atoms with Crippen molar-refractivity contribution in [1.29, 1.82) is 0 Å². The van der Waals surface area contributed by atoms with Gasteiger partial charge in [0.15, 0.2) is 0 Å². The Hall–Kier alpha value is -0.930. The highest BCUT2D eigenvalue weighted by Gasteiger charge is 2.27. The van der Waals surface area contributed by atoms with E-state index in [1.807, 2.05) is 0 Å². The third-order valence-corrected chi connectivity index (χ3v) is 4.16. The summed E-state index contributed by atoms with van der Waals surface area (Å²) in [4.78, 5) is 7.30. The first-order valence-electron chi connectivity index (χ1n) is 7.98. The second-order valence-electron chi connectivity index (χ2n) is 6.50. The first-order valence-corrected chi connectivity index (χ1v) is 7.98. The molecule has 0 radical (unpaired) electrons. The minimum absolute atomic E-state index is 0.628. The van der Waals surface area contributed by atoms with E-state index in [4.69, 9.17) is 0 Å². The lowest BCUT2D eigenvalue weighted by atomic mass is 9.98. The van der Waals surface area contributed by atoms with Crippen LogP contribution in [0, 0.1) is 12.8 Å². The van der Waals surface area contributed by atoms with Gasteiger partial charge in [0, 0.05) is 37.4 Å². The van der Waals surface area contributed by atoms with Gasteiger partial charge in [0.1, 0.15) is 0 Å². The maximum Gasteiger partial charge on any atom is 0.0547 e. The normalized spacial score (nSPS) is 24.2. The maximum atomic E-state index is 4.67. The molecular formula is C17H29N3. The highest BCUT2D eigenvalue weighted by Crippen LogP contribution is 2.18. The summed E-state index contributed by atoms with van der Waals surface area (Å²) in [6.45, 7) is 12.2. The molecule has 1 aromatic heterocycles. The summed E-state index contributed by atoms with van der Waals surface area (Å²) >= 11 is 0. The summed E-state index contributed by atoms with van der Waals surface area (Å²) in [5.41, 5.74) is 2.32. The highest BCUT2D eigenvalue weighted by molar-refractivity contribution is 5.10. The van der Waals surface area contributed by atoms with E-state index in [9.17, 15) is 0 Å². The fourth-order valence-corrected chi connectivity index (χ4v) is 3.07. The van der Waals surface area contributed by atoms with Crippen LogP contribution < -0.4 is 5.32 Å². The quantitative estimate of drug-likeness (QED) is 0.895. The molecule has 0 aromatic carbocycles. The number of pyridine rings is 1. The second kappa shape index (κ2) is 7.19. The minimum atomic E-state index is 0.628. The Bertz CT molecular complexity index is 416. The van der Waals surface area contributed by atoms with Gasteiger partial charge >= 0.3 is 0 Å². The number of rotatable bonds is 5. The van der Waals surface area contributed by atoms with E-state index in [-0.39, 0.29) is 0 Å². The summed E-state index contributed by atoms with van der Waals surface area (Å²) in [5.74, 6) is 0.743. The molecule has 0 amide bonds. The van der Waals surface area contributed by atoms with Gasteiger partial charge < -0.3 is 5.32 Å². The molecule has 0 saturated carbocycles. The first-order chi connectivity index (χ1) is 9.58. The molecule has 0 spiro atoms. The number of nitrogens with zero attached hydrogens (tertiary/aromatic N) is 2. The molecule has 2 unspecified atom stereocenters. The Morgan fingerprint density at radius 1 is 1.40 bits per heavy atom. The predicted molar refractivity (Wildman–Crippen MR) is 84.7 cm³/mol. The minimum Gasteiger partial charge on any atom is -0.311 e. The van der Waals surface area contributed by atoms with E-state index in [2.05, 4.69) is 61.1 Å². The van der Waals surface area contributed by atoms with Crippen molar-refractivity contribution in [3.05, 3.63) is 29.6 Å². The van der Waals surface area contributed by atoms with E-state index in [1.165, 1.54) is 18.5 Å². The lowest BCUT2D eigenvalue weighted by Gasteiger charge is -2.41. The molecule has 2 heterocycles. The molecule has 1 saturated heterocycles. The molecule has 3 heteroatoms. The summed E-state index contributed by atoms with van der Waals surface area (Å²) < 4.78 is 0. The van der Waals surface area contributed by atoms with Crippen LogP contribution in [0.2, 0.25) is 0 Å². The molecule has 1 fully saturated rings. The molecule has 0 aliphatic carbocycles. The topological polar surface area (TPSA) is 28.2 Å². The van der Waals surface area contributed by atoms with Gasteiger partial charge in [-0.1, -0.05) is 26.8 Å². The average molecular weight is 275 g/mol. The van der Waals surface area contributed by atoms with Crippen LogP contribution in [0.3, 0.4) is 0 Å². The van der Waals surface area contributed by atoms with E-state index < -0.39 is 0 Å². The Labute approximate surface area is 123 Å². The largest absolute Gasteiger partial charge is 0.311 e. The van der Waals surface area contributed by atoms with Gasteiger partial charge in [-0.15, -0.1) is 0 Å². The monoisotopic (exact) mass is 275 g/mol. The summed E-state index contributed by atoms with van der Waals surface area (Å²) in [5, 5.41) is 3.69. The van der Waals surface area contributed by atoms with E-state index in [0.29, 0.717) is 12.1 Å². The molecule has 1 aromatic rings. The number of nitrogens with one attached hydrogen (secondary N) is 1. The molecule has 0 bridgehead atoms. The van der Waals surface area contributed by atoms with Crippen LogP contribution in [0.25, 0.3) is 0 Å². The third kappa shape index (κ3) is 4.29. The molecule has 1 N–H and O–H groups in total. The number of hydrogen-bond donors (Lipinski definition) is 1. The second-order valence-corrected chi connectivity index (χ2v) is 6.50. The molecule has 1 aliphatic rings. The Morgan fingerprint density at radius 3 is 2.85 bits per heavy atom. The number of aromatic nitrogens is 1.